The molecule has 1 aromatic carbocycles. The third-order valence-corrected chi connectivity index (χ3v) is 3.32. The Morgan fingerprint density at radius 3 is 2.31 bits per heavy atom. The number of benzene rings is 1. The zero-order chi connectivity index (χ0) is 12.3. The van der Waals surface area contributed by atoms with Crippen LogP contribution in [0.2, 0.25) is 0 Å². The summed E-state index contributed by atoms with van der Waals surface area (Å²) in [5.74, 6) is 1.03. The Hall–Kier alpha value is -1.02. The first-order valence-electron chi connectivity index (χ1n) is 5.83. The number of rotatable bonds is 4. The Bertz CT molecular complexity index is 371. The smallest absolute Gasteiger partial charge is 0.124 e. The summed E-state index contributed by atoms with van der Waals surface area (Å²) in [6.45, 7) is 10.7. The maximum absolute atomic E-state index is 5.43. The summed E-state index contributed by atoms with van der Waals surface area (Å²) in [6.07, 6.45) is 0. The van der Waals surface area contributed by atoms with Crippen molar-refractivity contribution in [3.05, 3.63) is 28.3 Å². The average Bonchev–Trinajstić information content (AvgIpc) is 2.26. The van der Waals surface area contributed by atoms with Crippen molar-refractivity contribution in [1.82, 2.24) is 4.90 Å². The molecule has 0 N–H and O–H groups in total. The van der Waals surface area contributed by atoms with Gasteiger partial charge in [-0.1, -0.05) is 13.0 Å². The van der Waals surface area contributed by atoms with Gasteiger partial charge in [0.2, 0.25) is 0 Å². The molecule has 16 heavy (non-hydrogen) atoms. The summed E-state index contributed by atoms with van der Waals surface area (Å²) < 4.78 is 5.43. The van der Waals surface area contributed by atoms with E-state index >= 15 is 0 Å². The van der Waals surface area contributed by atoms with Gasteiger partial charge in [0.1, 0.15) is 5.75 Å². The third kappa shape index (κ3) is 2.56. The molecule has 0 spiro atoms. The van der Waals surface area contributed by atoms with Crippen LogP contribution in [0.3, 0.4) is 0 Å². The van der Waals surface area contributed by atoms with Crippen molar-refractivity contribution in [3.8, 4) is 5.75 Å². The molecule has 0 aliphatic carbocycles. The SMILES string of the molecule is CCN(C)Cc1cc(C)c(OC)c(C)c1C. The lowest BCUT2D eigenvalue weighted by Crippen LogP contribution is -2.18. The molecule has 0 aliphatic rings. The van der Waals surface area contributed by atoms with Crippen LogP contribution in [-0.2, 0) is 6.54 Å². The molecule has 0 unspecified atom stereocenters. The maximum Gasteiger partial charge on any atom is 0.124 e. The lowest BCUT2D eigenvalue weighted by molar-refractivity contribution is 0.344. The minimum Gasteiger partial charge on any atom is -0.496 e. The second kappa shape index (κ2) is 5.35. The van der Waals surface area contributed by atoms with Crippen LogP contribution in [-0.4, -0.2) is 25.6 Å². The van der Waals surface area contributed by atoms with E-state index in [1.165, 1.54) is 22.3 Å². The van der Waals surface area contributed by atoms with E-state index in [0.717, 1.165) is 18.8 Å². The quantitative estimate of drug-likeness (QED) is 0.774. The summed E-state index contributed by atoms with van der Waals surface area (Å²) in [7, 11) is 3.89. The van der Waals surface area contributed by atoms with Crippen LogP contribution in [0.4, 0.5) is 0 Å². The predicted molar refractivity (Wildman–Crippen MR) is 69.2 cm³/mol. The van der Waals surface area contributed by atoms with Crippen molar-refractivity contribution in [2.45, 2.75) is 34.2 Å². The minimum atomic E-state index is 1.01. The first-order valence-corrected chi connectivity index (χ1v) is 5.83. The second-order valence-electron chi connectivity index (χ2n) is 4.47. The molecule has 2 nitrogen and oxygen atoms in total. The van der Waals surface area contributed by atoms with Crippen molar-refractivity contribution in [2.24, 2.45) is 0 Å². The van der Waals surface area contributed by atoms with Crippen molar-refractivity contribution >= 4 is 0 Å². The highest BCUT2D eigenvalue weighted by molar-refractivity contribution is 5.48. The highest BCUT2D eigenvalue weighted by atomic mass is 16.5. The van der Waals surface area contributed by atoms with Crippen molar-refractivity contribution < 1.29 is 4.74 Å². The van der Waals surface area contributed by atoms with Gasteiger partial charge >= 0.3 is 0 Å². The predicted octanol–water partition coefficient (Wildman–Crippen LogP) is 3.07. The van der Waals surface area contributed by atoms with Crippen LogP contribution in [0.5, 0.6) is 5.75 Å². The largest absolute Gasteiger partial charge is 0.496 e. The van der Waals surface area contributed by atoms with Gasteiger partial charge in [-0.3, -0.25) is 0 Å². The van der Waals surface area contributed by atoms with E-state index in [1.807, 2.05) is 0 Å². The molecular weight excluding hydrogens is 198 g/mol. The fourth-order valence-corrected chi connectivity index (χ4v) is 2.02. The van der Waals surface area contributed by atoms with Crippen LogP contribution < -0.4 is 4.74 Å². The van der Waals surface area contributed by atoms with Crippen molar-refractivity contribution in [2.75, 3.05) is 20.7 Å². The molecule has 1 aromatic rings. The molecule has 0 saturated heterocycles. The molecule has 1 rings (SSSR count). The lowest BCUT2D eigenvalue weighted by Gasteiger charge is -2.19. The highest BCUT2D eigenvalue weighted by Crippen LogP contribution is 2.28. The lowest BCUT2D eigenvalue weighted by atomic mass is 9.98. The van der Waals surface area contributed by atoms with E-state index in [9.17, 15) is 0 Å². The average molecular weight is 221 g/mol. The molecule has 0 radical (unpaired) electrons. The first kappa shape index (κ1) is 13.0. The molecule has 0 bridgehead atoms. The van der Waals surface area contributed by atoms with Gasteiger partial charge in [-0.05, 0) is 56.6 Å². The van der Waals surface area contributed by atoms with Gasteiger partial charge in [0.15, 0.2) is 0 Å². The summed E-state index contributed by atoms with van der Waals surface area (Å²) >= 11 is 0. The Balaban J connectivity index is 3.13. The van der Waals surface area contributed by atoms with Gasteiger partial charge in [-0.15, -0.1) is 0 Å². The zero-order valence-electron chi connectivity index (χ0n) is 11.3. The van der Waals surface area contributed by atoms with Crippen LogP contribution in [0, 0.1) is 20.8 Å². The fourth-order valence-electron chi connectivity index (χ4n) is 2.02. The fraction of sp³-hybridized carbons (Fsp3) is 0.571. The van der Waals surface area contributed by atoms with Gasteiger partial charge in [-0.2, -0.15) is 0 Å². The zero-order valence-corrected chi connectivity index (χ0v) is 11.3. The molecule has 0 fully saturated rings. The highest BCUT2D eigenvalue weighted by Gasteiger charge is 2.11. The van der Waals surface area contributed by atoms with Gasteiger partial charge in [0.05, 0.1) is 7.11 Å². The summed E-state index contributed by atoms with van der Waals surface area (Å²) in [4.78, 5) is 2.31. The monoisotopic (exact) mass is 221 g/mol. The summed E-state index contributed by atoms with van der Waals surface area (Å²) in [5.41, 5.74) is 5.25. The Morgan fingerprint density at radius 2 is 1.81 bits per heavy atom. The molecule has 0 amide bonds. The van der Waals surface area contributed by atoms with Gasteiger partial charge in [0, 0.05) is 6.54 Å². The van der Waals surface area contributed by atoms with Gasteiger partial charge in [0.25, 0.3) is 0 Å². The second-order valence-corrected chi connectivity index (χ2v) is 4.47. The van der Waals surface area contributed by atoms with Crippen LogP contribution in [0.15, 0.2) is 6.07 Å². The van der Waals surface area contributed by atoms with Gasteiger partial charge < -0.3 is 9.64 Å². The van der Waals surface area contributed by atoms with Gasteiger partial charge in [-0.25, -0.2) is 0 Å². The van der Waals surface area contributed by atoms with E-state index in [-0.39, 0.29) is 0 Å². The molecule has 0 aromatic heterocycles. The topological polar surface area (TPSA) is 12.5 Å². The molecule has 2 heteroatoms. The summed E-state index contributed by atoms with van der Waals surface area (Å²) in [6, 6.07) is 2.24. The van der Waals surface area contributed by atoms with Crippen molar-refractivity contribution in [1.29, 1.82) is 0 Å². The number of methoxy groups -OCH3 is 1. The Labute approximate surface area is 99.2 Å². The normalized spacial score (nSPS) is 10.9. The molecule has 0 atom stereocenters. The maximum atomic E-state index is 5.43. The van der Waals surface area contributed by atoms with Crippen LogP contribution in [0.1, 0.15) is 29.2 Å². The van der Waals surface area contributed by atoms with Crippen LogP contribution >= 0.6 is 0 Å². The van der Waals surface area contributed by atoms with Crippen molar-refractivity contribution in [3.63, 3.8) is 0 Å². The number of hydrogen-bond acceptors (Lipinski definition) is 2. The number of aryl methyl sites for hydroxylation is 1. The molecular formula is C14H23NO. The number of nitrogens with zero attached hydrogens (tertiary/aromatic N) is 1. The van der Waals surface area contributed by atoms with E-state index in [4.69, 9.17) is 4.74 Å². The molecule has 0 aliphatic heterocycles. The summed E-state index contributed by atoms with van der Waals surface area (Å²) in [5, 5.41) is 0. The molecule has 0 saturated carbocycles. The Morgan fingerprint density at radius 1 is 1.19 bits per heavy atom. The van der Waals surface area contributed by atoms with E-state index < -0.39 is 0 Å². The Kier molecular flexibility index (Phi) is 4.36. The molecule has 90 valence electrons. The molecule has 0 heterocycles. The minimum absolute atomic E-state index is 1.01. The number of hydrogen-bond donors (Lipinski definition) is 0. The van der Waals surface area contributed by atoms with E-state index in [1.54, 1.807) is 7.11 Å². The van der Waals surface area contributed by atoms with E-state index in [2.05, 4.69) is 45.7 Å². The standard InChI is InChI=1S/C14H23NO/c1-7-15(5)9-13-8-10(2)14(16-6)12(4)11(13)3/h8H,7,9H2,1-6H3. The first-order chi connectivity index (χ1) is 7.51. The van der Waals surface area contributed by atoms with E-state index in [0.29, 0.717) is 0 Å². The van der Waals surface area contributed by atoms with Crippen LogP contribution in [0.25, 0.3) is 0 Å². The number of ether oxygens (including phenoxy) is 1. The third-order valence-electron chi connectivity index (χ3n) is 3.32.